The standard InChI is InChI=1S/C8H11N3O6/c1-3(12)16-17-7-5(10-11-9)8-14-2-4(15-8)6(7)13/h4-8,13H,2H2,1H3. The van der Waals surface area contributed by atoms with Crippen LogP contribution >= 0.6 is 0 Å². The summed E-state index contributed by atoms with van der Waals surface area (Å²) in [5.41, 5.74) is 8.43. The van der Waals surface area contributed by atoms with Crippen molar-refractivity contribution < 1.29 is 29.1 Å². The summed E-state index contributed by atoms with van der Waals surface area (Å²) in [4.78, 5) is 22.4. The number of aliphatic hydroxyl groups excluding tert-OH is 1. The van der Waals surface area contributed by atoms with Crippen LogP contribution in [-0.2, 0) is 24.0 Å². The van der Waals surface area contributed by atoms with Gasteiger partial charge in [0.15, 0.2) is 6.29 Å². The number of fused-ring (bicyclic) bond motifs is 2. The van der Waals surface area contributed by atoms with E-state index in [0.29, 0.717) is 0 Å². The van der Waals surface area contributed by atoms with Crippen molar-refractivity contribution in [3.63, 3.8) is 0 Å². The van der Waals surface area contributed by atoms with E-state index in [0.717, 1.165) is 6.92 Å². The summed E-state index contributed by atoms with van der Waals surface area (Å²) < 4.78 is 10.4. The highest BCUT2D eigenvalue weighted by atomic mass is 17.2. The van der Waals surface area contributed by atoms with Crippen LogP contribution in [0.5, 0.6) is 0 Å². The molecular weight excluding hydrogens is 234 g/mol. The van der Waals surface area contributed by atoms with Crippen LogP contribution in [0.15, 0.2) is 5.11 Å². The van der Waals surface area contributed by atoms with Crippen molar-refractivity contribution >= 4 is 5.97 Å². The lowest BCUT2D eigenvalue weighted by Gasteiger charge is -2.34. The summed E-state index contributed by atoms with van der Waals surface area (Å²) >= 11 is 0. The highest BCUT2D eigenvalue weighted by molar-refractivity contribution is 5.65. The number of rotatable bonds is 3. The molecule has 2 aliphatic heterocycles. The number of carbonyl (C=O) groups is 1. The minimum Gasteiger partial charge on any atom is -0.387 e. The highest BCUT2D eigenvalue weighted by Crippen LogP contribution is 2.31. The quantitative estimate of drug-likeness (QED) is 0.238. The fourth-order valence-corrected chi connectivity index (χ4v) is 1.78. The molecule has 94 valence electrons. The second kappa shape index (κ2) is 4.86. The molecule has 2 rings (SSSR count). The monoisotopic (exact) mass is 245 g/mol. The average Bonchev–Trinajstić information content (AvgIpc) is 2.71. The SMILES string of the molecule is CC(=O)OOC1C(O)C2COC(O2)C1N=[N+]=[N-]. The van der Waals surface area contributed by atoms with E-state index in [9.17, 15) is 9.90 Å². The molecule has 2 bridgehead atoms. The fraction of sp³-hybridized carbons (Fsp3) is 0.875. The summed E-state index contributed by atoms with van der Waals surface area (Å²) in [7, 11) is 0. The molecule has 2 aliphatic rings. The smallest absolute Gasteiger partial charge is 0.339 e. The third-order valence-electron chi connectivity index (χ3n) is 2.53. The minimum absolute atomic E-state index is 0.170. The Morgan fingerprint density at radius 3 is 3.06 bits per heavy atom. The van der Waals surface area contributed by atoms with Gasteiger partial charge in [-0.1, -0.05) is 5.11 Å². The van der Waals surface area contributed by atoms with Gasteiger partial charge in [-0.25, -0.2) is 4.79 Å². The molecule has 9 nitrogen and oxygen atoms in total. The summed E-state index contributed by atoms with van der Waals surface area (Å²) in [5.74, 6) is -0.670. The van der Waals surface area contributed by atoms with E-state index in [1.54, 1.807) is 0 Å². The number of azide groups is 1. The molecule has 0 aromatic heterocycles. The molecule has 0 aromatic carbocycles. The van der Waals surface area contributed by atoms with Crippen LogP contribution < -0.4 is 0 Å². The molecule has 2 saturated heterocycles. The molecule has 17 heavy (non-hydrogen) atoms. The van der Waals surface area contributed by atoms with Gasteiger partial charge in [-0.2, -0.15) is 4.89 Å². The van der Waals surface area contributed by atoms with Gasteiger partial charge in [0.2, 0.25) is 0 Å². The molecule has 5 atom stereocenters. The Hall–Kier alpha value is -1.38. The van der Waals surface area contributed by atoms with Gasteiger partial charge in [0.25, 0.3) is 0 Å². The largest absolute Gasteiger partial charge is 0.387 e. The Labute approximate surface area is 95.8 Å². The van der Waals surface area contributed by atoms with Crippen molar-refractivity contribution in [2.75, 3.05) is 6.61 Å². The predicted octanol–water partition coefficient (Wildman–Crippen LogP) is -0.355. The molecule has 0 amide bonds. The summed E-state index contributed by atoms with van der Waals surface area (Å²) in [6.45, 7) is 1.32. The first-order valence-electron chi connectivity index (χ1n) is 4.96. The first-order valence-corrected chi connectivity index (χ1v) is 4.96. The van der Waals surface area contributed by atoms with Crippen molar-refractivity contribution in [3.8, 4) is 0 Å². The second-order valence-electron chi connectivity index (χ2n) is 3.70. The molecule has 0 aromatic rings. The van der Waals surface area contributed by atoms with E-state index >= 15 is 0 Å². The van der Waals surface area contributed by atoms with Gasteiger partial charge >= 0.3 is 5.97 Å². The van der Waals surface area contributed by atoms with Crippen molar-refractivity contribution in [3.05, 3.63) is 10.4 Å². The van der Waals surface area contributed by atoms with Crippen LogP contribution in [0.25, 0.3) is 10.4 Å². The Morgan fingerprint density at radius 1 is 1.65 bits per heavy atom. The first kappa shape index (κ1) is 12.1. The zero-order valence-corrected chi connectivity index (χ0v) is 8.92. The van der Waals surface area contributed by atoms with Crippen LogP contribution in [0.1, 0.15) is 6.92 Å². The summed E-state index contributed by atoms with van der Waals surface area (Å²) in [5, 5.41) is 13.3. The van der Waals surface area contributed by atoms with Gasteiger partial charge in [0, 0.05) is 11.8 Å². The van der Waals surface area contributed by atoms with Crippen LogP contribution in [-0.4, -0.2) is 48.3 Å². The Morgan fingerprint density at radius 2 is 2.41 bits per heavy atom. The van der Waals surface area contributed by atoms with Gasteiger partial charge in [0.05, 0.1) is 6.61 Å². The number of nitrogens with zero attached hydrogens (tertiary/aromatic N) is 3. The molecule has 5 unspecified atom stereocenters. The highest BCUT2D eigenvalue weighted by Gasteiger charge is 2.51. The molecule has 2 heterocycles. The van der Waals surface area contributed by atoms with Gasteiger partial charge in [-0.05, 0) is 5.53 Å². The molecule has 1 N–H and O–H groups in total. The zero-order valence-electron chi connectivity index (χ0n) is 8.92. The zero-order chi connectivity index (χ0) is 12.4. The predicted molar refractivity (Wildman–Crippen MR) is 50.2 cm³/mol. The van der Waals surface area contributed by atoms with Gasteiger partial charge in [-0.15, -0.1) is 0 Å². The molecule has 0 saturated carbocycles. The lowest BCUT2D eigenvalue weighted by atomic mass is 10.00. The number of ether oxygens (including phenoxy) is 2. The maximum absolute atomic E-state index is 10.6. The lowest BCUT2D eigenvalue weighted by molar-refractivity contribution is -0.335. The third kappa shape index (κ3) is 2.33. The van der Waals surface area contributed by atoms with Crippen LogP contribution in [0, 0.1) is 0 Å². The van der Waals surface area contributed by atoms with E-state index in [-0.39, 0.29) is 6.61 Å². The fourth-order valence-electron chi connectivity index (χ4n) is 1.78. The third-order valence-corrected chi connectivity index (χ3v) is 2.53. The number of aliphatic hydroxyl groups is 1. The Kier molecular flexibility index (Phi) is 3.46. The van der Waals surface area contributed by atoms with Crippen LogP contribution in [0.3, 0.4) is 0 Å². The number of hydrogen-bond acceptors (Lipinski definition) is 7. The van der Waals surface area contributed by atoms with Gasteiger partial charge < -0.3 is 14.6 Å². The van der Waals surface area contributed by atoms with Crippen molar-refractivity contribution in [1.29, 1.82) is 0 Å². The van der Waals surface area contributed by atoms with Crippen molar-refractivity contribution in [2.24, 2.45) is 5.11 Å². The second-order valence-corrected chi connectivity index (χ2v) is 3.70. The van der Waals surface area contributed by atoms with Gasteiger partial charge in [0.1, 0.15) is 24.4 Å². The van der Waals surface area contributed by atoms with E-state index in [1.807, 2.05) is 0 Å². The molecular formula is C8H11N3O6. The molecule has 9 heteroatoms. The van der Waals surface area contributed by atoms with E-state index in [2.05, 4.69) is 14.9 Å². The maximum atomic E-state index is 10.6. The lowest BCUT2D eigenvalue weighted by Crippen LogP contribution is -2.54. The molecule has 2 fully saturated rings. The minimum atomic E-state index is -1.09. The van der Waals surface area contributed by atoms with Crippen LogP contribution in [0.4, 0.5) is 0 Å². The van der Waals surface area contributed by atoms with Crippen LogP contribution in [0.2, 0.25) is 0 Å². The summed E-state index contributed by atoms with van der Waals surface area (Å²) in [6.07, 6.45) is -3.46. The average molecular weight is 245 g/mol. The topological polar surface area (TPSA) is 123 Å². The Balaban J connectivity index is 2.12. The normalized spacial score (nSPS) is 39.5. The first-order chi connectivity index (χ1) is 8.13. The number of hydrogen-bond donors (Lipinski definition) is 1. The van der Waals surface area contributed by atoms with Crippen molar-refractivity contribution in [1.82, 2.24) is 0 Å². The Bertz CT molecular complexity index is 357. The van der Waals surface area contributed by atoms with Crippen molar-refractivity contribution in [2.45, 2.75) is 37.6 Å². The van der Waals surface area contributed by atoms with E-state index in [1.165, 1.54) is 0 Å². The molecule has 0 spiro atoms. The molecule has 0 radical (unpaired) electrons. The van der Waals surface area contributed by atoms with Gasteiger partial charge in [-0.3, -0.25) is 4.89 Å². The van der Waals surface area contributed by atoms with E-state index in [4.69, 9.17) is 19.9 Å². The summed E-state index contributed by atoms with van der Waals surface area (Å²) in [6, 6.07) is -0.909. The van der Waals surface area contributed by atoms with E-state index < -0.39 is 36.6 Å². The maximum Gasteiger partial charge on any atom is 0.339 e. The number of carbonyl (C=O) groups excluding carboxylic acids is 1. The molecule has 0 aliphatic carbocycles.